The predicted molar refractivity (Wildman–Crippen MR) is 71.9 cm³/mol. The molecular formula is C12H18BrN3. The summed E-state index contributed by atoms with van der Waals surface area (Å²) >= 11 is 3.54. The lowest BCUT2D eigenvalue weighted by Gasteiger charge is -2.27. The third kappa shape index (κ3) is 3.47. The van der Waals surface area contributed by atoms with Crippen molar-refractivity contribution >= 4 is 21.6 Å². The minimum Gasteiger partial charge on any atom is -0.383 e. The smallest absolute Gasteiger partial charge is 0.0485 e. The van der Waals surface area contributed by atoms with Gasteiger partial charge in [0.2, 0.25) is 0 Å². The molecule has 4 heteroatoms. The molecule has 0 saturated carbocycles. The average Bonchev–Trinajstić information content (AvgIpc) is 2.33. The normalized spacial score (nSPS) is 17.3. The topological polar surface area (TPSA) is 27.3 Å². The third-order valence-electron chi connectivity index (χ3n) is 2.83. The number of rotatable bonds is 4. The highest BCUT2D eigenvalue weighted by Crippen LogP contribution is 2.20. The van der Waals surface area contributed by atoms with E-state index in [1.54, 1.807) is 0 Å². The van der Waals surface area contributed by atoms with Crippen LogP contribution >= 0.6 is 15.9 Å². The van der Waals surface area contributed by atoms with Crippen molar-refractivity contribution in [2.75, 3.05) is 44.6 Å². The van der Waals surface area contributed by atoms with E-state index in [0.29, 0.717) is 0 Å². The molecule has 0 atom stereocenters. The summed E-state index contributed by atoms with van der Waals surface area (Å²) in [4.78, 5) is 2.49. The Morgan fingerprint density at radius 3 is 2.75 bits per heavy atom. The largest absolute Gasteiger partial charge is 0.383 e. The molecule has 3 nitrogen and oxygen atoms in total. The Hall–Kier alpha value is -0.580. The Bertz CT molecular complexity index is 324. The summed E-state index contributed by atoms with van der Waals surface area (Å²) in [6.07, 6.45) is 0. The molecule has 0 bridgehead atoms. The van der Waals surface area contributed by atoms with E-state index >= 15 is 0 Å². The van der Waals surface area contributed by atoms with Crippen molar-refractivity contribution in [3.63, 3.8) is 0 Å². The molecule has 0 unspecified atom stereocenters. The quantitative estimate of drug-likeness (QED) is 0.882. The maximum absolute atomic E-state index is 3.54. The number of nitrogens with one attached hydrogen (secondary N) is 2. The molecule has 2 rings (SSSR count). The van der Waals surface area contributed by atoms with Crippen molar-refractivity contribution in [1.29, 1.82) is 0 Å². The van der Waals surface area contributed by atoms with E-state index < -0.39 is 0 Å². The number of anilines is 1. The van der Waals surface area contributed by atoms with Gasteiger partial charge in [0.25, 0.3) is 0 Å². The number of halogens is 1. The highest BCUT2D eigenvalue weighted by Gasteiger charge is 2.08. The fraction of sp³-hybridized carbons (Fsp3) is 0.500. The van der Waals surface area contributed by atoms with Crippen LogP contribution < -0.4 is 10.6 Å². The lowest BCUT2D eigenvalue weighted by Crippen LogP contribution is -2.45. The van der Waals surface area contributed by atoms with Gasteiger partial charge < -0.3 is 10.6 Å². The van der Waals surface area contributed by atoms with Crippen LogP contribution in [0.25, 0.3) is 0 Å². The number of para-hydroxylation sites is 1. The molecule has 1 aliphatic rings. The van der Waals surface area contributed by atoms with Crippen LogP contribution in [0.5, 0.6) is 0 Å². The minimum absolute atomic E-state index is 1.00. The fourth-order valence-corrected chi connectivity index (χ4v) is 2.31. The van der Waals surface area contributed by atoms with Gasteiger partial charge in [-0.2, -0.15) is 0 Å². The highest BCUT2D eigenvalue weighted by atomic mass is 79.9. The number of nitrogens with zero attached hydrogens (tertiary/aromatic N) is 1. The Morgan fingerprint density at radius 2 is 2.00 bits per heavy atom. The Morgan fingerprint density at radius 1 is 1.25 bits per heavy atom. The predicted octanol–water partition coefficient (Wildman–Crippen LogP) is 1.77. The van der Waals surface area contributed by atoms with E-state index in [1.807, 2.05) is 6.07 Å². The maximum Gasteiger partial charge on any atom is 0.0485 e. The molecule has 88 valence electrons. The highest BCUT2D eigenvalue weighted by molar-refractivity contribution is 9.10. The van der Waals surface area contributed by atoms with Gasteiger partial charge in [-0.25, -0.2) is 0 Å². The lowest BCUT2D eigenvalue weighted by atomic mass is 10.3. The van der Waals surface area contributed by atoms with Gasteiger partial charge in [0.05, 0.1) is 0 Å². The first-order valence-electron chi connectivity index (χ1n) is 5.78. The SMILES string of the molecule is Brc1ccccc1NCCN1CCNCC1. The first-order valence-corrected chi connectivity index (χ1v) is 6.57. The molecule has 0 aromatic heterocycles. The molecule has 1 heterocycles. The van der Waals surface area contributed by atoms with Gasteiger partial charge in [0, 0.05) is 49.4 Å². The summed E-state index contributed by atoms with van der Waals surface area (Å²) in [5.74, 6) is 0. The lowest BCUT2D eigenvalue weighted by molar-refractivity contribution is 0.249. The van der Waals surface area contributed by atoms with Crippen LogP contribution in [0.3, 0.4) is 0 Å². The zero-order valence-electron chi connectivity index (χ0n) is 9.38. The molecule has 16 heavy (non-hydrogen) atoms. The number of piperazine rings is 1. The van der Waals surface area contributed by atoms with Crippen molar-refractivity contribution in [2.24, 2.45) is 0 Å². The molecule has 0 aliphatic carbocycles. The van der Waals surface area contributed by atoms with Gasteiger partial charge in [-0.3, -0.25) is 4.90 Å². The standard InChI is InChI=1S/C12H18BrN3/c13-11-3-1-2-4-12(11)15-7-10-16-8-5-14-6-9-16/h1-4,14-15H,5-10H2. The van der Waals surface area contributed by atoms with Crippen LogP contribution in [0.2, 0.25) is 0 Å². The molecular weight excluding hydrogens is 266 g/mol. The van der Waals surface area contributed by atoms with Gasteiger partial charge in [-0.05, 0) is 28.1 Å². The van der Waals surface area contributed by atoms with Crippen LogP contribution in [-0.4, -0.2) is 44.2 Å². The van der Waals surface area contributed by atoms with E-state index in [-0.39, 0.29) is 0 Å². The molecule has 1 aromatic rings. The Kier molecular flexibility index (Phi) is 4.63. The van der Waals surface area contributed by atoms with Crippen molar-refractivity contribution in [1.82, 2.24) is 10.2 Å². The van der Waals surface area contributed by atoms with Gasteiger partial charge in [0.15, 0.2) is 0 Å². The van der Waals surface area contributed by atoms with Crippen molar-refractivity contribution in [3.05, 3.63) is 28.7 Å². The monoisotopic (exact) mass is 283 g/mol. The molecule has 0 spiro atoms. The van der Waals surface area contributed by atoms with Crippen molar-refractivity contribution in [3.8, 4) is 0 Å². The van der Waals surface area contributed by atoms with Crippen LogP contribution in [-0.2, 0) is 0 Å². The van der Waals surface area contributed by atoms with Gasteiger partial charge >= 0.3 is 0 Å². The molecule has 0 radical (unpaired) electrons. The second-order valence-corrected chi connectivity index (χ2v) is 4.85. The number of benzene rings is 1. The number of hydrogen-bond acceptors (Lipinski definition) is 3. The zero-order valence-corrected chi connectivity index (χ0v) is 11.0. The van der Waals surface area contributed by atoms with Crippen LogP contribution in [0.1, 0.15) is 0 Å². The van der Waals surface area contributed by atoms with Crippen LogP contribution in [0.4, 0.5) is 5.69 Å². The molecule has 0 amide bonds. The molecule has 2 N–H and O–H groups in total. The molecule has 1 aromatic carbocycles. The van der Waals surface area contributed by atoms with E-state index in [4.69, 9.17) is 0 Å². The van der Waals surface area contributed by atoms with Gasteiger partial charge in [0.1, 0.15) is 0 Å². The van der Waals surface area contributed by atoms with Gasteiger partial charge in [-0.15, -0.1) is 0 Å². The van der Waals surface area contributed by atoms with E-state index in [2.05, 4.69) is 49.7 Å². The maximum atomic E-state index is 3.54. The van der Waals surface area contributed by atoms with Gasteiger partial charge in [-0.1, -0.05) is 12.1 Å². The summed E-state index contributed by atoms with van der Waals surface area (Å²) in [6.45, 7) is 6.69. The first kappa shape index (κ1) is 11.9. The van der Waals surface area contributed by atoms with Crippen molar-refractivity contribution < 1.29 is 0 Å². The van der Waals surface area contributed by atoms with E-state index in [9.17, 15) is 0 Å². The number of hydrogen-bond donors (Lipinski definition) is 2. The zero-order chi connectivity index (χ0) is 11.2. The van der Waals surface area contributed by atoms with E-state index in [1.165, 1.54) is 5.69 Å². The summed E-state index contributed by atoms with van der Waals surface area (Å²) in [5, 5.41) is 6.81. The van der Waals surface area contributed by atoms with Crippen LogP contribution in [0.15, 0.2) is 28.7 Å². The fourth-order valence-electron chi connectivity index (χ4n) is 1.89. The van der Waals surface area contributed by atoms with Crippen molar-refractivity contribution in [2.45, 2.75) is 0 Å². The molecule has 1 fully saturated rings. The summed E-state index contributed by atoms with van der Waals surface area (Å²) in [6, 6.07) is 8.25. The summed E-state index contributed by atoms with van der Waals surface area (Å²) in [7, 11) is 0. The summed E-state index contributed by atoms with van der Waals surface area (Å²) < 4.78 is 1.13. The second kappa shape index (κ2) is 6.23. The first-order chi connectivity index (χ1) is 7.86. The van der Waals surface area contributed by atoms with Crippen LogP contribution in [0, 0.1) is 0 Å². The van der Waals surface area contributed by atoms with E-state index in [0.717, 1.165) is 43.7 Å². The average molecular weight is 284 g/mol. The Balaban J connectivity index is 1.73. The molecule has 1 aliphatic heterocycles. The molecule has 1 saturated heterocycles. The third-order valence-corrected chi connectivity index (χ3v) is 3.52. The summed E-state index contributed by atoms with van der Waals surface area (Å²) in [5.41, 5.74) is 1.18. The minimum atomic E-state index is 1.00. The second-order valence-electron chi connectivity index (χ2n) is 4.00. The Labute approximate surface area is 105 Å².